The third-order valence-electron chi connectivity index (χ3n) is 5.82. The first-order valence-electron chi connectivity index (χ1n) is 11.0. The number of para-hydroxylation sites is 2. The van der Waals surface area contributed by atoms with Crippen LogP contribution in [0.4, 0.5) is 16.2 Å². The minimum atomic E-state index is -1.14. The molecule has 1 heterocycles. The van der Waals surface area contributed by atoms with E-state index >= 15 is 0 Å². The van der Waals surface area contributed by atoms with Crippen molar-refractivity contribution in [2.75, 3.05) is 10.2 Å². The fraction of sp³-hybridized carbons (Fsp3) is 0.565. The van der Waals surface area contributed by atoms with Crippen LogP contribution in [0.5, 0.6) is 0 Å². The lowest BCUT2D eigenvalue weighted by Gasteiger charge is -2.39. The van der Waals surface area contributed by atoms with Gasteiger partial charge in [0.2, 0.25) is 11.8 Å². The Hall–Kier alpha value is -3.10. The molecule has 4 atom stereocenters. The fourth-order valence-corrected chi connectivity index (χ4v) is 3.76. The Kier molecular flexibility index (Phi) is 8.24. The standard InChI is InChI=1S/C23H34N4O5/c1-7-14(6)18(20(28)25-17(12(2)3)22(30)31)26-23(32)27-16-11-9-8-10-15(16)24-21(29)19(27)13(4)5/h8-14,17-19H,7H2,1-6H3,(H,24,29)(H,25,28)(H,26,32)(H,30,31)/t14-,17+,18+,19+/m1/s1. The van der Waals surface area contributed by atoms with Crippen molar-refractivity contribution in [1.82, 2.24) is 10.6 Å². The molecule has 32 heavy (non-hydrogen) atoms. The summed E-state index contributed by atoms with van der Waals surface area (Å²) in [5.41, 5.74) is 1.05. The quantitative estimate of drug-likeness (QED) is 0.488. The summed E-state index contributed by atoms with van der Waals surface area (Å²) in [6, 6.07) is 3.61. The molecule has 4 N–H and O–H groups in total. The zero-order valence-corrected chi connectivity index (χ0v) is 19.5. The molecule has 9 nitrogen and oxygen atoms in total. The molecule has 0 saturated heterocycles. The van der Waals surface area contributed by atoms with Gasteiger partial charge in [0.1, 0.15) is 18.1 Å². The summed E-state index contributed by atoms with van der Waals surface area (Å²) < 4.78 is 0. The highest BCUT2D eigenvalue weighted by Gasteiger charge is 2.40. The Bertz CT molecular complexity index is 870. The highest BCUT2D eigenvalue weighted by molar-refractivity contribution is 6.12. The van der Waals surface area contributed by atoms with Crippen LogP contribution < -0.4 is 20.9 Å². The Morgan fingerprint density at radius 1 is 1.06 bits per heavy atom. The maximum Gasteiger partial charge on any atom is 0.326 e. The van der Waals surface area contributed by atoms with Crippen LogP contribution in [0.15, 0.2) is 24.3 Å². The number of nitrogens with one attached hydrogen (secondary N) is 3. The molecule has 0 fully saturated rings. The van der Waals surface area contributed by atoms with Crippen molar-refractivity contribution in [3.05, 3.63) is 24.3 Å². The molecule has 0 spiro atoms. The lowest BCUT2D eigenvalue weighted by atomic mass is 9.96. The summed E-state index contributed by atoms with van der Waals surface area (Å²) in [6.07, 6.45) is 0.586. The number of carbonyl (C=O) groups excluding carboxylic acids is 3. The van der Waals surface area contributed by atoms with Crippen LogP contribution in [0.2, 0.25) is 0 Å². The number of carboxylic acids is 1. The second-order valence-electron chi connectivity index (χ2n) is 8.95. The van der Waals surface area contributed by atoms with Gasteiger partial charge >= 0.3 is 12.0 Å². The van der Waals surface area contributed by atoms with Gasteiger partial charge in [-0.15, -0.1) is 0 Å². The molecular weight excluding hydrogens is 412 g/mol. The van der Waals surface area contributed by atoms with E-state index in [0.717, 1.165) is 0 Å². The van der Waals surface area contributed by atoms with E-state index in [1.807, 2.05) is 27.7 Å². The molecule has 0 aromatic heterocycles. The molecule has 176 valence electrons. The summed E-state index contributed by atoms with van der Waals surface area (Å²) >= 11 is 0. The lowest BCUT2D eigenvalue weighted by Crippen LogP contribution is -2.61. The number of rotatable bonds is 8. The van der Waals surface area contributed by atoms with Crippen LogP contribution in [0.1, 0.15) is 48.0 Å². The van der Waals surface area contributed by atoms with Gasteiger partial charge in [-0.1, -0.05) is 60.1 Å². The highest BCUT2D eigenvalue weighted by Crippen LogP contribution is 2.34. The summed E-state index contributed by atoms with van der Waals surface area (Å²) in [7, 11) is 0. The van der Waals surface area contributed by atoms with E-state index in [-0.39, 0.29) is 23.7 Å². The molecule has 0 unspecified atom stereocenters. The number of hydrogen-bond acceptors (Lipinski definition) is 4. The molecule has 1 aliphatic rings. The van der Waals surface area contributed by atoms with Crippen LogP contribution in [-0.4, -0.2) is 47.0 Å². The van der Waals surface area contributed by atoms with E-state index in [1.54, 1.807) is 38.1 Å². The van der Waals surface area contributed by atoms with Gasteiger partial charge in [-0.05, 0) is 29.9 Å². The molecule has 2 rings (SSSR count). The molecule has 0 radical (unpaired) electrons. The number of benzene rings is 1. The molecule has 1 aromatic carbocycles. The van der Waals surface area contributed by atoms with Gasteiger partial charge in [-0.25, -0.2) is 9.59 Å². The molecule has 4 amide bonds. The van der Waals surface area contributed by atoms with Gasteiger partial charge in [0.25, 0.3) is 0 Å². The van der Waals surface area contributed by atoms with Gasteiger partial charge in [-0.2, -0.15) is 0 Å². The smallest absolute Gasteiger partial charge is 0.326 e. The highest BCUT2D eigenvalue weighted by atomic mass is 16.4. The number of urea groups is 1. The Morgan fingerprint density at radius 3 is 2.22 bits per heavy atom. The number of anilines is 2. The molecule has 1 aromatic rings. The van der Waals surface area contributed by atoms with Gasteiger partial charge in [0, 0.05) is 0 Å². The normalized spacial score (nSPS) is 18.4. The zero-order valence-electron chi connectivity index (χ0n) is 19.5. The summed E-state index contributed by atoms with van der Waals surface area (Å²) in [5.74, 6) is -2.76. The van der Waals surface area contributed by atoms with Gasteiger partial charge in [-0.3, -0.25) is 14.5 Å². The molecule has 0 bridgehead atoms. The maximum absolute atomic E-state index is 13.4. The van der Waals surface area contributed by atoms with Crippen molar-refractivity contribution in [2.45, 2.75) is 66.1 Å². The minimum Gasteiger partial charge on any atom is -0.480 e. The fourth-order valence-electron chi connectivity index (χ4n) is 3.76. The summed E-state index contributed by atoms with van der Waals surface area (Å²) in [6.45, 7) is 10.8. The maximum atomic E-state index is 13.4. The number of amides is 4. The lowest BCUT2D eigenvalue weighted by molar-refractivity contribution is -0.143. The second-order valence-corrected chi connectivity index (χ2v) is 8.95. The van der Waals surface area contributed by atoms with Gasteiger partial charge in [0.15, 0.2) is 0 Å². The SMILES string of the molecule is CC[C@@H](C)[C@H](NC(=O)N1c2ccccc2NC(=O)[C@@H]1C(C)C)C(=O)N[C@H](C(=O)O)C(C)C. The molecule has 0 saturated carbocycles. The first-order valence-corrected chi connectivity index (χ1v) is 11.0. The van der Waals surface area contributed by atoms with E-state index in [1.165, 1.54) is 4.90 Å². The van der Waals surface area contributed by atoms with Crippen molar-refractivity contribution in [2.24, 2.45) is 17.8 Å². The molecule has 1 aliphatic heterocycles. The van der Waals surface area contributed by atoms with Crippen LogP contribution in [0.25, 0.3) is 0 Å². The van der Waals surface area contributed by atoms with Gasteiger partial charge < -0.3 is 21.1 Å². The summed E-state index contributed by atoms with van der Waals surface area (Å²) in [5, 5.41) is 17.6. The third kappa shape index (κ3) is 5.38. The van der Waals surface area contributed by atoms with E-state index in [9.17, 15) is 24.3 Å². The van der Waals surface area contributed by atoms with Crippen molar-refractivity contribution in [3.8, 4) is 0 Å². The number of fused-ring (bicyclic) bond motifs is 1. The number of carboxylic acid groups (broad SMARTS) is 1. The predicted octanol–water partition coefficient (Wildman–Crippen LogP) is 2.82. The average Bonchev–Trinajstić information content (AvgIpc) is 2.73. The van der Waals surface area contributed by atoms with E-state index in [2.05, 4.69) is 16.0 Å². The topological polar surface area (TPSA) is 128 Å². The predicted molar refractivity (Wildman–Crippen MR) is 122 cm³/mol. The van der Waals surface area contributed by atoms with Gasteiger partial charge in [0.05, 0.1) is 11.4 Å². The monoisotopic (exact) mass is 446 g/mol. The van der Waals surface area contributed by atoms with Crippen molar-refractivity contribution in [3.63, 3.8) is 0 Å². The Balaban J connectivity index is 2.36. The third-order valence-corrected chi connectivity index (χ3v) is 5.82. The second kappa shape index (κ2) is 10.5. The van der Waals surface area contributed by atoms with Crippen LogP contribution >= 0.6 is 0 Å². The first kappa shape index (κ1) is 25.2. The van der Waals surface area contributed by atoms with Crippen molar-refractivity contribution in [1.29, 1.82) is 0 Å². The molecular formula is C23H34N4O5. The summed E-state index contributed by atoms with van der Waals surface area (Å²) in [4.78, 5) is 52.1. The molecule has 0 aliphatic carbocycles. The van der Waals surface area contributed by atoms with Crippen LogP contribution in [-0.2, 0) is 14.4 Å². The zero-order chi connectivity index (χ0) is 24.2. The Labute approximate surface area is 188 Å². The number of nitrogens with zero attached hydrogens (tertiary/aromatic N) is 1. The Morgan fingerprint density at radius 2 is 1.69 bits per heavy atom. The van der Waals surface area contributed by atoms with E-state index < -0.39 is 36.0 Å². The van der Waals surface area contributed by atoms with Crippen LogP contribution in [0.3, 0.4) is 0 Å². The van der Waals surface area contributed by atoms with Crippen molar-refractivity contribution < 1.29 is 24.3 Å². The number of aliphatic carboxylic acids is 1. The molecule has 9 heteroatoms. The van der Waals surface area contributed by atoms with Crippen LogP contribution in [0, 0.1) is 17.8 Å². The number of hydrogen-bond donors (Lipinski definition) is 4. The van der Waals surface area contributed by atoms with Crippen molar-refractivity contribution >= 4 is 35.2 Å². The van der Waals surface area contributed by atoms with E-state index in [0.29, 0.717) is 17.8 Å². The van der Waals surface area contributed by atoms with E-state index in [4.69, 9.17) is 0 Å². The minimum absolute atomic E-state index is 0.178. The average molecular weight is 447 g/mol. The number of carbonyl (C=O) groups is 4. The largest absolute Gasteiger partial charge is 0.480 e. The first-order chi connectivity index (χ1) is 15.0.